The molecule has 0 aliphatic carbocycles. The molecule has 1 unspecified atom stereocenters. The van der Waals surface area contributed by atoms with Crippen LogP contribution in [0.1, 0.15) is 23.9 Å². The number of carbonyl (C=O) groups excluding carboxylic acids is 4. The molecule has 1 saturated heterocycles. The fourth-order valence-corrected chi connectivity index (χ4v) is 6.77. The van der Waals surface area contributed by atoms with Gasteiger partial charge in [-0.2, -0.15) is 5.10 Å². The fraction of sp³-hybridized carbons (Fsp3) is 0.320. The first-order chi connectivity index (χ1) is 19.3. The highest BCUT2D eigenvalue weighted by atomic mass is 32.2. The van der Waals surface area contributed by atoms with Gasteiger partial charge in [0.05, 0.1) is 35.8 Å². The predicted octanol–water partition coefficient (Wildman–Crippen LogP) is -0.323. The van der Waals surface area contributed by atoms with Gasteiger partial charge in [0.2, 0.25) is 6.61 Å². The number of ether oxygens (including phenoxy) is 1. The second-order valence-electron chi connectivity index (χ2n) is 8.88. The van der Waals surface area contributed by atoms with Gasteiger partial charge in [-0.15, -0.1) is 23.1 Å². The van der Waals surface area contributed by atoms with Crippen LogP contribution in [0.2, 0.25) is 0 Å². The normalized spacial score (nSPS) is 18.8. The number of thioether (sulfide) groups is 1. The maximum absolute atomic E-state index is 13.2. The second-order valence-corrected chi connectivity index (χ2v) is 10.9. The minimum absolute atomic E-state index is 0.157. The van der Waals surface area contributed by atoms with E-state index in [1.807, 2.05) is 24.6 Å². The van der Waals surface area contributed by atoms with Gasteiger partial charge in [0.15, 0.2) is 17.6 Å². The maximum atomic E-state index is 13.2. The van der Waals surface area contributed by atoms with Gasteiger partial charge in [0.1, 0.15) is 11.4 Å². The third-order valence-corrected chi connectivity index (χ3v) is 8.73. The van der Waals surface area contributed by atoms with Crippen LogP contribution in [-0.4, -0.2) is 74.9 Å². The number of aromatic nitrogens is 3. The lowest BCUT2D eigenvalue weighted by Gasteiger charge is -2.50. The molecule has 0 aromatic carbocycles. The highest BCUT2D eigenvalue weighted by molar-refractivity contribution is 8.00. The molecule has 40 heavy (non-hydrogen) atoms. The van der Waals surface area contributed by atoms with Gasteiger partial charge in [-0.05, 0) is 36.9 Å². The number of pyridine rings is 1. The Bertz CT molecular complexity index is 1550. The first kappa shape index (κ1) is 27.3. The zero-order valence-electron chi connectivity index (χ0n) is 21.4. The van der Waals surface area contributed by atoms with E-state index in [4.69, 9.17) is 9.57 Å². The summed E-state index contributed by atoms with van der Waals surface area (Å²) in [7, 11) is 0. The Labute approximate surface area is 235 Å². The number of amides is 2. The van der Waals surface area contributed by atoms with Crippen LogP contribution in [0.3, 0.4) is 0 Å². The third kappa shape index (κ3) is 5.16. The monoisotopic (exact) mass is 584 g/mol. The summed E-state index contributed by atoms with van der Waals surface area (Å²) in [6.07, 6.45) is 3.57. The SMILES string of the molecule is CCOC(=O)CO/N=C(/C(=O)NC1C(=O)N2C(C(=O)[O-])=C(Cc3[nH+]cc(C)c4sccc34)CS[C@H]12)c1ccn[nH]1. The van der Waals surface area contributed by atoms with E-state index < -0.39 is 41.8 Å². The van der Waals surface area contributed by atoms with Crippen LogP contribution in [0.4, 0.5) is 0 Å². The molecular formula is C25H24N6O7S2. The summed E-state index contributed by atoms with van der Waals surface area (Å²) in [6.45, 7) is 3.27. The van der Waals surface area contributed by atoms with Crippen molar-refractivity contribution in [3.63, 3.8) is 0 Å². The van der Waals surface area contributed by atoms with E-state index in [-0.39, 0.29) is 23.7 Å². The molecule has 3 N–H and O–H groups in total. The molecular weight excluding hydrogens is 560 g/mol. The molecule has 0 bridgehead atoms. The number of fused-ring (bicyclic) bond motifs is 2. The Morgan fingerprint density at radius 2 is 2.17 bits per heavy atom. The van der Waals surface area contributed by atoms with Crippen molar-refractivity contribution in [1.29, 1.82) is 0 Å². The lowest BCUT2D eigenvalue weighted by atomic mass is 9.99. The number of oxime groups is 1. The van der Waals surface area contributed by atoms with Crippen LogP contribution in [-0.2, 0) is 35.2 Å². The Hall–Kier alpha value is -4.24. The van der Waals surface area contributed by atoms with Gasteiger partial charge < -0.3 is 24.8 Å². The van der Waals surface area contributed by atoms with Gasteiger partial charge in [-0.25, -0.2) is 9.78 Å². The molecule has 0 saturated carbocycles. The summed E-state index contributed by atoms with van der Waals surface area (Å²) in [5.41, 5.74) is 2.22. The lowest BCUT2D eigenvalue weighted by Crippen LogP contribution is -2.71. The van der Waals surface area contributed by atoms with Crippen LogP contribution in [0.5, 0.6) is 0 Å². The molecule has 5 rings (SSSR count). The second kappa shape index (κ2) is 11.5. The van der Waals surface area contributed by atoms with Gasteiger partial charge in [-0.3, -0.25) is 19.6 Å². The molecule has 2 atom stereocenters. The van der Waals surface area contributed by atoms with Crippen LogP contribution in [0.25, 0.3) is 10.1 Å². The highest BCUT2D eigenvalue weighted by Crippen LogP contribution is 2.41. The number of carboxylic acid groups (broad SMARTS) is 1. The summed E-state index contributed by atoms with van der Waals surface area (Å²) >= 11 is 2.94. The number of hydrogen-bond acceptors (Lipinski definition) is 11. The van der Waals surface area contributed by atoms with Crippen LogP contribution in [0, 0.1) is 6.92 Å². The quantitative estimate of drug-likeness (QED) is 0.140. The molecule has 0 radical (unpaired) electrons. The number of H-pyrrole nitrogens is 2. The number of esters is 1. The molecule has 2 amide bonds. The van der Waals surface area contributed by atoms with Gasteiger partial charge in [0.25, 0.3) is 11.8 Å². The van der Waals surface area contributed by atoms with Crippen molar-refractivity contribution in [2.45, 2.75) is 31.7 Å². The van der Waals surface area contributed by atoms with Crippen LogP contribution < -0.4 is 15.4 Å². The molecule has 3 aromatic rings. The molecule has 2 aliphatic heterocycles. The molecule has 0 spiro atoms. The van der Waals surface area contributed by atoms with Crippen molar-refractivity contribution in [2.75, 3.05) is 19.0 Å². The van der Waals surface area contributed by atoms with E-state index in [0.717, 1.165) is 26.2 Å². The molecule has 5 heterocycles. The summed E-state index contributed by atoms with van der Waals surface area (Å²) in [5.74, 6) is -3.17. The number of aryl methyl sites for hydroxylation is 1. The maximum Gasteiger partial charge on any atom is 0.347 e. The largest absolute Gasteiger partial charge is 0.543 e. The standard InChI is InChI=1S/C25H24N6O7S2/c1-3-37-17(32)10-38-30-18(15-4-6-27-29-15)22(33)28-19-23(34)31-20(25(35)36)13(11-40-24(19)31)8-16-14-5-7-39-21(14)12(2)9-26-16/h4-7,9,19,24H,3,8,10-11H2,1-2H3,(H,27,29)(H,28,33)(H,35,36)/b30-18+/t19?,24-/m1/s1. The molecule has 3 aromatic heterocycles. The minimum atomic E-state index is -1.46. The first-order valence-electron chi connectivity index (χ1n) is 12.2. The summed E-state index contributed by atoms with van der Waals surface area (Å²) in [6, 6.07) is 2.43. The number of β-lactam (4-membered cyclic amide) rings is 1. The topological polar surface area (TPSA) is 180 Å². The summed E-state index contributed by atoms with van der Waals surface area (Å²) in [5, 5.41) is 27.3. The van der Waals surface area contributed by atoms with E-state index in [1.165, 1.54) is 24.0 Å². The number of hydrogen-bond donors (Lipinski definition) is 2. The van der Waals surface area contributed by atoms with Crippen molar-refractivity contribution in [3.8, 4) is 0 Å². The minimum Gasteiger partial charge on any atom is -0.543 e. The number of rotatable bonds is 10. The van der Waals surface area contributed by atoms with Crippen molar-refractivity contribution in [2.24, 2.45) is 5.16 Å². The van der Waals surface area contributed by atoms with E-state index in [0.29, 0.717) is 17.7 Å². The Morgan fingerprint density at radius 1 is 1.35 bits per heavy atom. The molecule has 2 aliphatic rings. The molecule has 13 nitrogen and oxygen atoms in total. The molecule has 208 valence electrons. The van der Waals surface area contributed by atoms with Crippen molar-refractivity contribution in [1.82, 2.24) is 20.4 Å². The van der Waals surface area contributed by atoms with Crippen molar-refractivity contribution in [3.05, 3.63) is 58.1 Å². The Balaban J connectivity index is 1.34. The number of thiophene rings is 1. The van der Waals surface area contributed by atoms with Crippen LogP contribution >= 0.6 is 23.1 Å². The highest BCUT2D eigenvalue weighted by Gasteiger charge is 2.53. The fourth-order valence-electron chi connectivity index (χ4n) is 4.52. The zero-order chi connectivity index (χ0) is 28.4. The molecule has 15 heteroatoms. The first-order valence-corrected chi connectivity index (χ1v) is 14.1. The average Bonchev–Trinajstić information content (AvgIpc) is 3.64. The summed E-state index contributed by atoms with van der Waals surface area (Å²) in [4.78, 5) is 59.4. The Morgan fingerprint density at radius 3 is 2.90 bits per heavy atom. The van der Waals surface area contributed by atoms with Crippen molar-refractivity contribution < 1.29 is 38.8 Å². The van der Waals surface area contributed by atoms with Gasteiger partial charge in [-0.1, -0.05) is 5.16 Å². The van der Waals surface area contributed by atoms with E-state index in [1.54, 1.807) is 18.3 Å². The number of carbonyl (C=O) groups is 4. The summed E-state index contributed by atoms with van der Waals surface area (Å²) < 4.78 is 5.88. The number of aromatic amines is 2. The Kier molecular flexibility index (Phi) is 7.84. The van der Waals surface area contributed by atoms with E-state index in [2.05, 4.69) is 25.7 Å². The average molecular weight is 585 g/mol. The number of carboxylic acids is 1. The lowest BCUT2D eigenvalue weighted by molar-refractivity contribution is -0.387. The number of aliphatic carboxylic acids is 1. The van der Waals surface area contributed by atoms with Gasteiger partial charge >= 0.3 is 5.97 Å². The molecule has 1 fully saturated rings. The zero-order valence-corrected chi connectivity index (χ0v) is 23.0. The van der Waals surface area contributed by atoms with Gasteiger partial charge in [0, 0.05) is 22.2 Å². The van der Waals surface area contributed by atoms with Crippen LogP contribution in [0.15, 0.2) is 46.3 Å². The van der Waals surface area contributed by atoms with E-state index in [9.17, 15) is 24.3 Å². The van der Waals surface area contributed by atoms with E-state index >= 15 is 0 Å². The third-order valence-electron chi connectivity index (χ3n) is 6.34. The predicted molar refractivity (Wildman–Crippen MR) is 142 cm³/mol. The number of nitrogens with zero attached hydrogens (tertiary/aromatic N) is 3. The smallest absolute Gasteiger partial charge is 0.347 e. The van der Waals surface area contributed by atoms with Crippen molar-refractivity contribution >= 4 is 62.6 Å². The number of nitrogens with one attached hydrogen (secondary N) is 3.